The van der Waals surface area contributed by atoms with Crippen LogP contribution in [0.4, 0.5) is 0 Å². The summed E-state index contributed by atoms with van der Waals surface area (Å²) >= 11 is 0. The number of nitrogens with zero attached hydrogens (tertiary/aromatic N) is 4. The van der Waals surface area contributed by atoms with E-state index in [2.05, 4.69) is 9.97 Å². The summed E-state index contributed by atoms with van der Waals surface area (Å²) in [6.45, 7) is 0.656. The van der Waals surface area contributed by atoms with Crippen molar-refractivity contribution >= 4 is 27.2 Å². The van der Waals surface area contributed by atoms with Crippen LogP contribution < -0.4 is 4.74 Å². The van der Waals surface area contributed by atoms with E-state index in [1.807, 2.05) is 42.5 Å². The van der Waals surface area contributed by atoms with Crippen molar-refractivity contribution in [3.63, 3.8) is 0 Å². The van der Waals surface area contributed by atoms with Gasteiger partial charge in [-0.1, -0.05) is 36.4 Å². The average molecular weight is 499 g/mol. The van der Waals surface area contributed by atoms with Gasteiger partial charge in [-0.3, -0.25) is 10.0 Å². The molecule has 1 aliphatic rings. The van der Waals surface area contributed by atoms with Gasteiger partial charge < -0.3 is 4.74 Å². The van der Waals surface area contributed by atoms with Gasteiger partial charge in [0.25, 0.3) is 0 Å². The highest BCUT2D eigenvalue weighted by Crippen LogP contribution is 2.28. The summed E-state index contributed by atoms with van der Waals surface area (Å²) in [7, 11) is -3.68. The Labute approximate surface area is 205 Å². The van der Waals surface area contributed by atoms with E-state index in [4.69, 9.17) is 4.74 Å². The lowest BCUT2D eigenvalue weighted by Gasteiger charge is -2.33. The molecular formula is C25H30N4O5S. The molecular weight excluding hydrogens is 468 g/mol. The van der Waals surface area contributed by atoms with Crippen molar-refractivity contribution in [3.8, 4) is 5.75 Å². The minimum absolute atomic E-state index is 0.0850. The number of hydrogen-bond donors (Lipinski definition) is 1. The third-order valence-electron chi connectivity index (χ3n) is 6.28. The number of hydrogen-bond acceptors (Lipinski definition) is 7. The van der Waals surface area contributed by atoms with E-state index in [0.29, 0.717) is 56.1 Å². The van der Waals surface area contributed by atoms with E-state index in [-0.39, 0.29) is 18.3 Å². The van der Waals surface area contributed by atoms with Gasteiger partial charge in [0, 0.05) is 37.3 Å². The van der Waals surface area contributed by atoms with Crippen LogP contribution in [0.1, 0.15) is 31.5 Å². The lowest BCUT2D eigenvalue weighted by molar-refractivity contribution is -0.158. The van der Waals surface area contributed by atoms with Crippen LogP contribution in [0.5, 0.6) is 5.75 Å². The molecule has 35 heavy (non-hydrogen) atoms. The highest BCUT2D eigenvalue weighted by molar-refractivity contribution is 7.89. The number of sulfonamides is 1. The van der Waals surface area contributed by atoms with Crippen molar-refractivity contribution in [2.45, 2.75) is 44.2 Å². The molecule has 0 spiro atoms. The van der Waals surface area contributed by atoms with Crippen molar-refractivity contribution in [1.82, 2.24) is 19.3 Å². The minimum Gasteiger partial charge on any atom is -0.490 e. The predicted octanol–water partition coefficient (Wildman–Crippen LogP) is 3.04. The molecule has 10 heteroatoms. The van der Waals surface area contributed by atoms with Gasteiger partial charge in [-0.15, -0.1) is 0 Å². The molecule has 1 N–H and O–H groups in total. The summed E-state index contributed by atoms with van der Waals surface area (Å²) in [6.07, 6.45) is 5.96. The molecule has 1 atom stereocenters. The summed E-state index contributed by atoms with van der Waals surface area (Å²) < 4.78 is 33.9. The number of fused-ring (bicyclic) bond motifs is 1. The predicted molar refractivity (Wildman–Crippen MR) is 131 cm³/mol. The van der Waals surface area contributed by atoms with E-state index in [1.54, 1.807) is 18.5 Å². The van der Waals surface area contributed by atoms with Gasteiger partial charge in [-0.2, -0.15) is 0 Å². The second kappa shape index (κ2) is 11.6. The quantitative estimate of drug-likeness (QED) is 0.246. The summed E-state index contributed by atoms with van der Waals surface area (Å²) in [5.41, 5.74) is 0. The number of benzene rings is 2. The Balaban J connectivity index is 1.32. The van der Waals surface area contributed by atoms with E-state index in [0.717, 1.165) is 16.5 Å². The van der Waals surface area contributed by atoms with Gasteiger partial charge in [-0.25, -0.2) is 27.8 Å². The zero-order valence-corrected chi connectivity index (χ0v) is 20.3. The Kier molecular flexibility index (Phi) is 8.27. The first-order valence-corrected chi connectivity index (χ1v) is 13.4. The molecule has 3 aromatic rings. The van der Waals surface area contributed by atoms with Crippen LogP contribution in [-0.2, 0) is 21.2 Å². The highest BCUT2D eigenvalue weighted by atomic mass is 32.2. The van der Waals surface area contributed by atoms with Gasteiger partial charge >= 0.3 is 0 Å². The molecule has 186 valence electrons. The number of carbonyl (C=O) groups excluding carboxylic acids is 1. The first kappa shape index (κ1) is 25.0. The van der Waals surface area contributed by atoms with Crippen LogP contribution in [0, 0.1) is 0 Å². The molecule has 0 bridgehead atoms. The molecule has 2 heterocycles. The Hall–Kier alpha value is -3.08. The molecule has 4 rings (SSSR count). The maximum Gasteiger partial charge on any atom is 0.233 e. The van der Waals surface area contributed by atoms with Crippen LogP contribution >= 0.6 is 0 Å². The van der Waals surface area contributed by atoms with Crippen molar-refractivity contribution in [1.29, 1.82) is 0 Å². The number of carbonyl (C=O) groups is 1. The van der Waals surface area contributed by atoms with Crippen LogP contribution in [0.3, 0.4) is 0 Å². The van der Waals surface area contributed by atoms with Gasteiger partial charge in [0.15, 0.2) is 0 Å². The molecule has 0 radical (unpaired) electrons. The SMILES string of the molecule is O=CN(O)C(CCCc1ncccn1)CS(=O)(=O)N1CCC(Oc2cccc3ccccc23)CC1. The molecule has 1 aromatic heterocycles. The zero-order valence-electron chi connectivity index (χ0n) is 19.4. The number of rotatable bonds is 11. The van der Waals surface area contributed by atoms with E-state index >= 15 is 0 Å². The Bertz CT molecular complexity index is 1210. The summed E-state index contributed by atoms with van der Waals surface area (Å²) in [4.78, 5) is 19.5. The Morgan fingerprint density at radius 3 is 2.54 bits per heavy atom. The monoisotopic (exact) mass is 498 g/mol. The lowest BCUT2D eigenvalue weighted by atomic mass is 10.1. The number of aromatic nitrogens is 2. The fraction of sp³-hybridized carbons (Fsp3) is 0.400. The zero-order chi connectivity index (χ0) is 24.7. The molecule has 1 saturated heterocycles. The smallest absolute Gasteiger partial charge is 0.233 e. The summed E-state index contributed by atoms with van der Waals surface area (Å²) in [5.74, 6) is 1.10. The standard InChI is InChI=1S/C25H30N4O5S/c30-19-29(31)21(8-4-11-25-26-14-5-15-27-25)18-35(32,33)28-16-12-22(13-17-28)34-24-10-3-7-20-6-1-2-9-23(20)24/h1-3,5-7,9-10,14-15,19,21-22,31H,4,8,11-13,16-18H2. The Morgan fingerprint density at radius 2 is 1.80 bits per heavy atom. The molecule has 9 nitrogen and oxygen atoms in total. The summed E-state index contributed by atoms with van der Waals surface area (Å²) in [5, 5.41) is 12.6. The number of piperidine rings is 1. The molecule has 1 fully saturated rings. The van der Waals surface area contributed by atoms with Gasteiger partial charge in [-0.05, 0) is 43.2 Å². The molecule has 2 aromatic carbocycles. The van der Waals surface area contributed by atoms with E-state index < -0.39 is 16.1 Å². The summed E-state index contributed by atoms with van der Waals surface area (Å²) in [6, 6.07) is 14.8. The van der Waals surface area contributed by atoms with Crippen molar-refractivity contribution < 1.29 is 23.2 Å². The fourth-order valence-corrected chi connectivity index (χ4v) is 6.17. The van der Waals surface area contributed by atoms with Crippen LogP contribution in [0.15, 0.2) is 60.9 Å². The van der Waals surface area contributed by atoms with Gasteiger partial charge in [0.05, 0.1) is 11.8 Å². The van der Waals surface area contributed by atoms with Crippen molar-refractivity contribution in [2.24, 2.45) is 0 Å². The van der Waals surface area contributed by atoms with Crippen LogP contribution in [0.25, 0.3) is 10.8 Å². The molecule has 0 aliphatic carbocycles. The molecule has 1 amide bonds. The van der Waals surface area contributed by atoms with E-state index in [9.17, 15) is 18.4 Å². The molecule has 0 saturated carbocycles. The largest absolute Gasteiger partial charge is 0.490 e. The minimum atomic E-state index is -3.68. The van der Waals surface area contributed by atoms with Crippen LogP contribution in [0.2, 0.25) is 0 Å². The van der Waals surface area contributed by atoms with Crippen molar-refractivity contribution in [3.05, 3.63) is 66.7 Å². The Morgan fingerprint density at radius 1 is 1.09 bits per heavy atom. The third kappa shape index (κ3) is 6.53. The van der Waals surface area contributed by atoms with Crippen molar-refractivity contribution in [2.75, 3.05) is 18.8 Å². The topological polar surface area (TPSA) is 113 Å². The fourth-order valence-electron chi connectivity index (χ4n) is 4.39. The number of aryl methyl sites for hydroxylation is 1. The molecule has 1 unspecified atom stereocenters. The van der Waals surface area contributed by atoms with Gasteiger partial charge in [0.1, 0.15) is 17.7 Å². The maximum atomic E-state index is 13.1. The maximum absolute atomic E-state index is 13.1. The highest BCUT2D eigenvalue weighted by Gasteiger charge is 2.32. The number of amides is 1. The first-order chi connectivity index (χ1) is 17.0. The average Bonchev–Trinajstić information content (AvgIpc) is 2.89. The van der Waals surface area contributed by atoms with Crippen LogP contribution in [-0.4, -0.2) is 70.4 Å². The number of ether oxygens (including phenoxy) is 1. The third-order valence-corrected chi connectivity index (χ3v) is 8.24. The second-order valence-corrected chi connectivity index (χ2v) is 10.7. The lowest BCUT2D eigenvalue weighted by Crippen LogP contribution is -2.47. The second-order valence-electron chi connectivity index (χ2n) is 8.67. The molecule has 1 aliphatic heterocycles. The van der Waals surface area contributed by atoms with E-state index in [1.165, 1.54) is 4.31 Å². The first-order valence-electron chi connectivity index (χ1n) is 11.8. The number of hydroxylamine groups is 2. The normalized spacial score (nSPS) is 16.1. The van der Waals surface area contributed by atoms with Gasteiger partial charge in [0.2, 0.25) is 16.4 Å².